The third-order valence-electron chi connectivity index (χ3n) is 4.48. The summed E-state index contributed by atoms with van der Waals surface area (Å²) in [5.41, 5.74) is 0. The largest absolute Gasteiger partial charge is 0.481 e. The number of hydrogen-bond acceptors (Lipinski definition) is 1. The van der Waals surface area contributed by atoms with Crippen LogP contribution >= 0.6 is 0 Å². The quantitative estimate of drug-likeness (QED) is 0.734. The maximum absolute atomic E-state index is 11.4. The molecule has 0 amide bonds. The lowest BCUT2D eigenvalue weighted by atomic mass is 9.71. The molecule has 0 aromatic heterocycles. The van der Waals surface area contributed by atoms with Crippen molar-refractivity contribution in [3.63, 3.8) is 0 Å². The van der Waals surface area contributed by atoms with Crippen LogP contribution in [0.15, 0.2) is 12.2 Å². The van der Waals surface area contributed by atoms with Gasteiger partial charge in [-0.1, -0.05) is 37.8 Å². The summed E-state index contributed by atoms with van der Waals surface area (Å²) in [7, 11) is 0. The summed E-state index contributed by atoms with van der Waals surface area (Å²) < 4.78 is 0. The van der Waals surface area contributed by atoms with Crippen LogP contribution in [0.4, 0.5) is 0 Å². The first kappa shape index (κ1) is 21.4. The van der Waals surface area contributed by atoms with Gasteiger partial charge >= 0.3 is 5.97 Å². The van der Waals surface area contributed by atoms with E-state index in [0.29, 0.717) is 11.8 Å². The zero-order valence-corrected chi connectivity index (χ0v) is 12.1. The lowest BCUT2D eigenvalue weighted by Gasteiger charge is -2.33. The van der Waals surface area contributed by atoms with Gasteiger partial charge in [0, 0.05) is 0 Å². The minimum Gasteiger partial charge on any atom is -0.481 e. The first-order valence-electron chi connectivity index (χ1n) is 7.18. The summed E-state index contributed by atoms with van der Waals surface area (Å²) in [6.45, 7) is 0. The van der Waals surface area contributed by atoms with Crippen molar-refractivity contribution in [2.45, 2.75) is 57.8 Å². The molecule has 1 saturated carbocycles. The molecular formula is C15H30O5. The maximum atomic E-state index is 11.4. The van der Waals surface area contributed by atoms with E-state index in [0.717, 1.165) is 19.3 Å². The highest BCUT2D eigenvalue weighted by Crippen LogP contribution is 2.38. The third-order valence-corrected chi connectivity index (χ3v) is 4.48. The minimum atomic E-state index is -0.559. The van der Waals surface area contributed by atoms with Crippen LogP contribution in [0.2, 0.25) is 0 Å². The van der Waals surface area contributed by atoms with Gasteiger partial charge in [0.15, 0.2) is 0 Å². The second kappa shape index (κ2) is 10.8. The van der Waals surface area contributed by atoms with E-state index in [1.807, 2.05) is 0 Å². The molecule has 0 saturated heterocycles. The highest BCUT2D eigenvalue weighted by Gasteiger charge is 2.33. The Balaban J connectivity index is 0. The molecule has 0 aromatic rings. The van der Waals surface area contributed by atoms with Crippen molar-refractivity contribution in [2.24, 2.45) is 17.8 Å². The van der Waals surface area contributed by atoms with Gasteiger partial charge in [0.2, 0.25) is 0 Å². The SMILES string of the molecule is O.O.O.O=C(O)C1CCCCCC2C=CCCCCC21. The third kappa shape index (κ3) is 5.61. The van der Waals surface area contributed by atoms with Crippen LogP contribution in [0.5, 0.6) is 0 Å². The van der Waals surface area contributed by atoms with Crippen LogP contribution < -0.4 is 0 Å². The molecule has 2 aliphatic rings. The van der Waals surface area contributed by atoms with E-state index in [-0.39, 0.29) is 22.3 Å². The van der Waals surface area contributed by atoms with Gasteiger partial charge in [0.05, 0.1) is 5.92 Å². The molecule has 120 valence electrons. The number of fused-ring (bicyclic) bond motifs is 1. The molecule has 0 bridgehead atoms. The van der Waals surface area contributed by atoms with E-state index in [1.165, 1.54) is 38.5 Å². The Morgan fingerprint density at radius 2 is 1.55 bits per heavy atom. The second-order valence-corrected chi connectivity index (χ2v) is 5.62. The molecule has 3 unspecified atom stereocenters. The number of hydrogen-bond donors (Lipinski definition) is 1. The van der Waals surface area contributed by atoms with Gasteiger partial charge in [-0.15, -0.1) is 0 Å². The Morgan fingerprint density at radius 1 is 0.900 bits per heavy atom. The molecule has 3 atom stereocenters. The molecule has 5 nitrogen and oxygen atoms in total. The highest BCUT2D eigenvalue weighted by molar-refractivity contribution is 5.70. The van der Waals surface area contributed by atoms with Crippen LogP contribution in [0.1, 0.15) is 57.8 Å². The van der Waals surface area contributed by atoms with E-state index in [9.17, 15) is 9.90 Å². The summed E-state index contributed by atoms with van der Waals surface area (Å²) in [6, 6.07) is 0. The second-order valence-electron chi connectivity index (χ2n) is 5.62. The van der Waals surface area contributed by atoms with E-state index in [4.69, 9.17) is 0 Å². The molecule has 2 aliphatic carbocycles. The van der Waals surface area contributed by atoms with Gasteiger partial charge in [-0.25, -0.2) is 0 Å². The summed E-state index contributed by atoms with van der Waals surface area (Å²) in [6.07, 6.45) is 15.0. The summed E-state index contributed by atoms with van der Waals surface area (Å²) in [5, 5.41) is 9.43. The Bertz CT molecular complexity index is 290. The Labute approximate surface area is 121 Å². The van der Waals surface area contributed by atoms with Crippen molar-refractivity contribution in [3.05, 3.63) is 12.2 Å². The maximum Gasteiger partial charge on any atom is 0.306 e. The topological polar surface area (TPSA) is 132 Å². The Morgan fingerprint density at radius 3 is 2.25 bits per heavy atom. The molecule has 0 aliphatic heterocycles. The van der Waals surface area contributed by atoms with Crippen LogP contribution in [-0.4, -0.2) is 27.5 Å². The molecule has 20 heavy (non-hydrogen) atoms. The van der Waals surface area contributed by atoms with Gasteiger partial charge in [-0.2, -0.15) is 0 Å². The predicted octanol–water partition coefficient (Wildman–Crippen LogP) is 1.54. The fourth-order valence-corrected chi connectivity index (χ4v) is 3.52. The van der Waals surface area contributed by atoms with Crippen molar-refractivity contribution >= 4 is 5.97 Å². The fraction of sp³-hybridized carbons (Fsp3) is 0.800. The van der Waals surface area contributed by atoms with Gasteiger partial charge in [-0.3, -0.25) is 4.79 Å². The lowest BCUT2D eigenvalue weighted by molar-refractivity contribution is -0.145. The number of allylic oxidation sites excluding steroid dienone is 2. The summed E-state index contributed by atoms with van der Waals surface area (Å²) in [5.74, 6) is 0.264. The molecule has 0 radical (unpaired) electrons. The average molecular weight is 290 g/mol. The zero-order valence-electron chi connectivity index (χ0n) is 12.1. The van der Waals surface area contributed by atoms with Crippen molar-refractivity contribution in [3.8, 4) is 0 Å². The normalized spacial score (nSPS) is 29.7. The van der Waals surface area contributed by atoms with Crippen molar-refractivity contribution < 1.29 is 26.3 Å². The smallest absolute Gasteiger partial charge is 0.306 e. The predicted molar refractivity (Wildman–Crippen MR) is 79.6 cm³/mol. The van der Waals surface area contributed by atoms with E-state index >= 15 is 0 Å². The van der Waals surface area contributed by atoms with E-state index in [2.05, 4.69) is 12.2 Å². The lowest BCUT2D eigenvalue weighted by Crippen LogP contribution is -2.30. The molecule has 7 N–H and O–H groups in total. The number of aliphatic carboxylic acids is 1. The summed E-state index contributed by atoms with van der Waals surface area (Å²) >= 11 is 0. The average Bonchev–Trinajstić information content (AvgIpc) is 2.24. The summed E-state index contributed by atoms with van der Waals surface area (Å²) in [4.78, 5) is 11.4. The Hall–Kier alpha value is -0.910. The molecule has 0 aromatic carbocycles. The van der Waals surface area contributed by atoms with Crippen molar-refractivity contribution in [1.82, 2.24) is 0 Å². The molecule has 2 rings (SSSR count). The fourth-order valence-electron chi connectivity index (χ4n) is 3.52. The number of rotatable bonds is 1. The van der Waals surface area contributed by atoms with E-state index in [1.54, 1.807) is 0 Å². The first-order valence-corrected chi connectivity index (χ1v) is 7.18. The van der Waals surface area contributed by atoms with Crippen molar-refractivity contribution in [1.29, 1.82) is 0 Å². The van der Waals surface area contributed by atoms with E-state index < -0.39 is 5.97 Å². The molecule has 5 heteroatoms. The van der Waals surface area contributed by atoms with Crippen LogP contribution in [0.25, 0.3) is 0 Å². The Kier molecular flexibility index (Phi) is 11.6. The minimum absolute atomic E-state index is 0. The molecular weight excluding hydrogens is 260 g/mol. The van der Waals surface area contributed by atoms with Gasteiger partial charge in [0.25, 0.3) is 0 Å². The zero-order chi connectivity index (χ0) is 12.1. The highest BCUT2D eigenvalue weighted by atomic mass is 16.4. The van der Waals surface area contributed by atoms with Crippen LogP contribution in [-0.2, 0) is 4.79 Å². The van der Waals surface area contributed by atoms with Gasteiger partial charge in [-0.05, 0) is 43.9 Å². The van der Waals surface area contributed by atoms with Gasteiger partial charge in [0.1, 0.15) is 0 Å². The van der Waals surface area contributed by atoms with Crippen LogP contribution in [0.3, 0.4) is 0 Å². The van der Waals surface area contributed by atoms with Crippen LogP contribution in [0, 0.1) is 17.8 Å². The molecule has 1 fully saturated rings. The molecule has 0 heterocycles. The number of carboxylic acid groups (broad SMARTS) is 1. The number of carboxylic acids is 1. The van der Waals surface area contributed by atoms with Gasteiger partial charge < -0.3 is 21.5 Å². The standard InChI is InChI=1S/C15H24O2.3H2O/c16-15(17)14-11-7-3-5-9-12-8-4-1-2-6-10-13(12)14;;;/h4,8,12-14H,1-3,5-7,9-11H2,(H,16,17);3*1H2. The molecule has 0 spiro atoms. The van der Waals surface area contributed by atoms with Crippen molar-refractivity contribution in [2.75, 3.05) is 0 Å². The first-order chi connectivity index (χ1) is 8.29. The monoisotopic (exact) mass is 290 g/mol. The number of carbonyl (C=O) groups is 1.